The third-order valence-electron chi connectivity index (χ3n) is 3.91. The van der Waals surface area contributed by atoms with Crippen molar-refractivity contribution in [2.24, 2.45) is 5.92 Å². The first-order valence-corrected chi connectivity index (χ1v) is 7.08. The molecule has 0 aliphatic carbocycles. The van der Waals surface area contributed by atoms with Gasteiger partial charge in [-0.1, -0.05) is 23.7 Å². The van der Waals surface area contributed by atoms with Gasteiger partial charge < -0.3 is 10.0 Å². The van der Waals surface area contributed by atoms with Crippen LogP contribution in [0, 0.1) is 12.8 Å². The van der Waals surface area contributed by atoms with E-state index in [2.05, 4.69) is 0 Å². The fraction of sp³-hybridized carbons (Fsp3) is 0.467. The summed E-state index contributed by atoms with van der Waals surface area (Å²) < 4.78 is 0. The van der Waals surface area contributed by atoms with E-state index in [0.717, 1.165) is 5.56 Å². The molecular weight excluding hydrogens is 278 g/mol. The first-order chi connectivity index (χ1) is 9.41. The van der Waals surface area contributed by atoms with Gasteiger partial charge in [0.2, 0.25) is 0 Å². The van der Waals surface area contributed by atoms with Gasteiger partial charge in [0.05, 0.1) is 16.5 Å². The number of aliphatic carboxylic acids is 1. The molecule has 2 atom stereocenters. The smallest absolute Gasteiger partial charge is 0.308 e. The average molecular weight is 296 g/mol. The molecule has 0 spiro atoms. The topological polar surface area (TPSA) is 57.6 Å². The van der Waals surface area contributed by atoms with Gasteiger partial charge >= 0.3 is 5.97 Å². The highest BCUT2D eigenvalue weighted by Crippen LogP contribution is 2.27. The largest absolute Gasteiger partial charge is 0.481 e. The van der Waals surface area contributed by atoms with Crippen LogP contribution < -0.4 is 0 Å². The number of carbonyl (C=O) groups is 2. The van der Waals surface area contributed by atoms with Crippen molar-refractivity contribution >= 4 is 23.5 Å². The summed E-state index contributed by atoms with van der Waals surface area (Å²) in [6, 6.07) is 5.36. The Hall–Kier alpha value is -1.55. The highest BCUT2D eigenvalue weighted by molar-refractivity contribution is 6.34. The molecule has 5 heteroatoms. The molecule has 1 aromatic rings. The minimum absolute atomic E-state index is 0.0367. The lowest BCUT2D eigenvalue weighted by atomic mass is 9.93. The molecule has 1 aliphatic rings. The lowest BCUT2D eigenvalue weighted by Crippen LogP contribution is -2.47. The molecule has 0 saturated carbocycles. The minimum atomic E-state index is -0.843. The van der Waals surface area contributed by atoms with Crippen molar-refractivity contribution in [1.29, 1.82) is 0 Å². The van der Waals surface area contributed by atoms with Crippen LogP contribution >= 0.6 is 11.6 Å². The maximum Gasteiger partial charge on any atom is 0.308 e. The molecular formula is C15H18ClNO3. The summed E-state index contributed by atoms with van der Waals surface area (Å²) in [6.07, 6.45) is 1.31. The number of rotatable bonds is 2. The average Bonchev–Trinajstić information content (AvgIpc) is 2.41. The van der Waals surface area contributed by atoms with Crippen molar-refractivity contribution in [2.45, 2.75) is 32.7 Å². The summed E-state index contributed by atoms with van der Waals surface area (Å²) in [5, 5.41) is 9.58. The summed E-state index contributed by atoms with van der Waals surface area (Å²) in [5.74, 6) is -1.51. The number of nitrogens with zero attached hydrogens (tertiary/aromatic N) is 1. The maximum absolute atomic E-state index is 12.6. The Morgan fingerprint density at radius 2 is 2.05 bits per heavy atom. The Morgan fingerprint density at radius 1 is 1.35 bits per heavy atom. The van der Waals surface area contributed by atoms with Gasteiger partial charge in [-0.2, -0.15) is 0 Å². The second kappa shape index (κ2) is 5.83. The van der Waals surface area contributed by atoms with Crippen LogP contribution in [-0.4, -0.2) is 34.5 Å². The Morgan fingerprint density at radius 3 is 2.70 bits per heavy atom. The normalized spacial score (nSPS) is 22.6. The fourth-order valence-electron chi connectivity index (χ4n) is 2.56. The van der Waals surface area contributed by atoms with E-state index in [4.69, 9.17) is 16.7 Å². The third kappa shape index (κ3) is 2.80. The first kappa shape index (κ1) is 14.9. The summed E-state index contributed by atoms with van der Waals surface area (Å²) in [6.45, 7) is 4.04. The summed E-state index contributed by atoms with van der Waals surface area (Å²) in [4.78, 5) is 25.4. The Balaban J connectivity index is 2.26. The number of halogens is 1. The number of piperidine rings is 1. The molecule has 0 bridgehead atoms. The van der Waals surface area contributed by atoms with E-state index in [0.29, 0.717) is 23.4 Å². The van der Waals surface area contributed by atoms with Crippen molar-refractivity contribution in [3.8, 4) is 0 Å². The Bertz CT molecular complexity index is 544. The van der Waals surface area contributed by atoms with E-state index in [9.17, 15) is 9.59 Å². The van der Waals surface area contributed by atoms with Crippen LogP contribution in [0.2, 0.25) is 5.02 Å². The number of carbonyl (C=O) groups excluding carboxylic acids is 1. The summed E-state index contributed by atoms with van der Waals surface area (Å²) in [5.41, 5.74) is 1.29. The Kier molecular flexibility index (Phi) is 4.33. The lowest BCUT2D eigenvalue weighted by molar-refractivity contribution is -0.143. The number of benzene rings is 1. The SMILES string of the molecule is Cc1cccc(C(=O)N2CC(C(=O)O)CCC2C)c1Cl. The van der Waals surface area contributed by atoms with Gasteiger partial charge in [-0.05, 0) is 38.3 Å². The Labute approximate surface area is 123 Å². The van der Waals surface area contributed by atoms with Gasteiger partial charge in [0.1, 0.15) is 0 Å². The molecule has 20 heavy (non-hydrogen) atoms. The monoisotopic (exact) mass is 295 g/mol. The summed E-state index contributed by atoms with van der Waals surface area (Å²) in [7, 11) is 0. The predicted molar refractivity (Wildman–Crippen MR) is 77.0 cm³/mol. The maximum atomic E-state index is 12.6. The molecule has 0 radical (unpaired) electrons. The van der Waals surface area contributed by atoms with E-state index in [1.165, 1.54) is 0 Å². The van der Waals surface area contributed by atoms with Gasteiger partial charge in [0, 0.05) is 12.6 Å². The number of carboxylic acids is 1. The fourth-order valence-corrected chi connectivity index (χ4v) is 2.77. The molecule has 108 valence electrons. The predicted octanol–water partition coefficient (Wildman–Crippen LogP) is 2.97. The van der Waals surface area contributed by atoms with Gasteiger partial charge in [-0.3, -0.25) is 9.59 Å². The molecule has 1 amide bonds. The highest BCUT2D eigenvalue weighted by Gasteiger charge is 2.33. The van der Waals surface area contributed by atoms with Gasteiger partial charge in [0.25, 0.3) is 5.91 Å². The molecule has 1 N–H and O–H groups in total. The molecule has 0 aromatic heterocycles. The molecule has 2 unspecified atom stereocenters. The van der Waals surface area contributed by atoms with Crippen LogP contribution in [0.3, 0.4) is 0 Å². The standard InChI is InChI=1S/C15H18ClNO3/c1-9-4-3-5-12(13(9)16)14(18)17-8-11(15(19)20)7-6-10(17)2/h3-5,10-11H,6-8H2,1-2H3,(H,19,20). The summed E-state index contributed by atoms with van der Waals surface area (Å²) >= 11 is 6.19. The number of hydrogen-bond donors (Lipinski definition) is 1. The van der Waals surface area contributed by atoms with E-state index in [-0.39, 0.29) is 18.5 Å². The van der Waals surface area contributed by atoms with Crippen molar-refractivity contribution in [1.82, 2.24) is 4.90 Å². The number of carboxylic acid groups (broad SMARTS) is 1. The van der Waals surface area contributed by atoms with Crippen LogP contribution in [0.15, 0.2) is 18.2 Å². The van der Waals surface area contributed by atoms with Gasteiger partial charge in [-0.15, -0.1) is 0 Å². The van der Waals surface area contributed by atoms with Gasteiger partial charge in [0.15, 0.2) is 0 Å². The zero-order valence-electron chi connectivity index (χ0n) is 11.6. The van der Waals surface area contributed by atoms with E-state index in [1.54, 1.807) is 17.0 Å². The second-order valence-corrected chi connectivity index (χ2v) is 5.73. The number of likely N-dealkylation sites (tertiary alicyclic amines) is 1. The zero-order valence-corrected chi connectivity index (χ0v) is 12.4. The van der Waals surface area contributed by atoms with E-state index < -0.39 is 11.9 Å². The van der Waals surface area contributed by atoms with Crippen LogP contribution in [0.25, 0.3) is 0 Å². The molecule has 1 heterocycles. The minimum Gasteiger partial charge on any atom is -0.481 e. The van der Waals surface area contributed by atoms with E-state index >= 15 is 0 Å². The van der Waals surface area contributed by atoms with Crippen LogP contribution in [-0.2, 0) is 4.79 Å². The molecule has 1 saturated heterocycles. The number of amides is 1. The quantitative estimate of drug-likeness (QED) is 0.912. The number of aryl methyl sites for hydroxylation is 1. The van der Waals surface area contributed by atoms with Crippen molar-refractivity contribution in [3.05, 3.63) is 34.3 Å². The molecule has 1 aromatic carbocycles. The van der Waals surface area contributed by atoms with Crippen molar-refractivity contribution < 1.29 is 14.7 Å². The van der Waals surface area contributed by atoms with Crippen LogP contribution in [0.4, 0.5) is 0 Å². The highest BCUT2D eigenvalue weighted by atomic mass is 35.5. The van der Waals surface area contributed by atoms with Crippen LogP contribution in [0.1, 0.15) is 35.7 Å². The van der Waals surface area contributed by atoms with E-state index in [1.807, 2.05) is 19.9 Å². The second-order valence-electron chi connectivity index (χ2n) is 5.36. The lowest BCUT2D eigenvalue weighted by Gasteiger charge is -2.36. The molecule has 1 aliphatic heterocycles. The van der Waals surface area contributed by atoms with Crippen molar-refractivity contribution in [2.75, 3.05) is 6.54 Å². The molecule has 4 nitrogen and oxygen atoms in total. The van der Waals surface area contributed by atoms with Crippen molar-refractivity contribution in [3.63, 3.8) is 0 Å². The van der Waals surface area contributed by atoms with Gasteiger partial charge in [-0.25, -0.2) is 0 Å². The number of hydrogen-bond acceptors (Lipinski definition) is 2. The third-order valence-corrected chi connectivity index (χ3v) is 4.42. The first-order valence-electron chi connectivity index (χ1n) is 6.70. The van der Waals surface area contributed by atoms with Crippen LogP contribution in [0.5, 0.6) is 0 Å². The molecule has 1 fully saturated rings. The zero-order chi connectivity index (χ0) is 14.9. The molecule has 2 rings (SSSR count).